The first kappa shape index (κ1) is 20.3. The third-order valence-electron chi connectivity index (χ3n) is 5.56. The molecule has 2 aromatic carbocycles. The van der Waals surface area contributed by atoms with Crippen LogP contribution in [0.4, 0.5) is 4.39 Å². The Morgan fingerprint density at radius 3 is 2.32 bits per heavy atom. The van der Waals surface area contributed by atoms with Gasteiger partial charge in [-0.05, 0) is 55.2 Å². The van der Waals surface area contributed by atoms with Crippen LogP contribution in [0.1, 0.15) is 43.2 Å². The molecule has 28 heavy (non-hydrogen) atoms. The van der Waals surface area contributed by atoms with Gasteiger partial charge in [0.15, 0.2) is 0 Å². The first-order chi connectivity index (χ1) is 13.4. The molecule has 3 heteroatoms. The van der Waals surface area contributed by atoms with Gasteiger partial charge in [-0.1, -0.05) is 55.8 Å². The third kappa shape index (κ3) is 5.32. The molecule has 1 aromatic heterocycles. The van der Waals surface area contributed by atoms with Crippen LogP contribution in [0, 0.1) is 18.7 Å². The van der Waals surface area contributed by atoms with E-state index in [1.807, 2.05) is 12.1 Å². The zero-order valence-corrected chi connectivity index (χ0v) is 17.4. The lowest BCUT2D eigenvalue weighted by Crippen LogP contribution is -2.36. The van der Waals surface area contributed by atoms with E-state index in [9.17, 15) is 4.39 Å². The highest BCUT2D eigenvalue weighted by molar-refractivity contribution is 5.23. The molecule has 0 bridgehead atoms. The van der Waals surface area contributed by atoms with E-state index in [2.05, 4.69) is 79.8 Å². The average molecular weight is 379 g/mol. The van der Waals surface area contributed by atoms with Crippen molar-refractivity contribution >= 4 is 0 Å². The maximum absolute atomic E-state index is 13.2. The first-order valence-corrected chi connectivity index (χ1v) is 10.1. The monoisotopic (exact) mass is 378 g/mol. The number of benzene rings is 2. The van der Waals surface area contributed by atoms with E-state index in [1.165, 1.54) is 29.0 Å². The summed E-state index contributed by atoms with van der Waals surface area (Å²) in [5.41, 5.74) is 5.05. The van der Waals surface area contributed by atoms with E-state index in [-0.39, 0.29) is 5.82 Å². The summed E-state index contributed by atoms with van der Waals surface area (Å²) in [5, 5.41) is 0. The van der Waals surface area contributed by atoms with E-state index in [0.29, 0.717) is 12.0 Å². The molecule has 0 unspecified atom stereocenters. The second kappa shape index (κ2) is 9.20. The van der Waals surface area contributed by atoms with Gasteiger partial charge in [0.05, 0.1) is 0 Å². The molecule has 0 saturated heterocycles. The van der Waals surface area contributed by atoms with E-state index in [4.69, 9.17) is 0 Å². The molecule has 0 aliphatic rings. The summed E-state index contributed by atoms with van der Waals surface area (Å²) >= 11 is 0. The Kier molecular flexibility index (Phi) is 6.69. The molecule has 0 fully saturated rings. The lowest BCUT2D eigenvalue weighted by molar-refractivity contribution is 0.148. The van der Waals surface area contributed by atoms with Crippen molar-refractivity contribution < 1.29 is 4.39 Å². The molecule has 3 aromatic rings. The van der Waals surface area contributed by atoms with E-state index < -0.39 is 0 Å². The molecule has 0 radical (unpaired) electrons. The highest BCUT2D eigenvalue weighted by Crippen LogP contribution is 2.20. The molecule has 0 aliphatic carbocycles. The van der Waals surface area contributed by atoms with Gasteiger partial charge < -0.3 is 4.57 Å². The third-order valence-corrected chi connectivity index (χ3v) is 5.56. The van der Waals surface area contributed by atoms with Crippen molar-refractivity contribution in [2.24, 2.45) is 5.92 Å². The van der Waals surface area contributed by atoms with Crippen molar-refractivity contribution in [1.29, 1.82) is 0 Å². The zero-order chi connectivity index (χ0) is 20.1. The van der Waals surface area contributed by atoms with Crippen molar-refractivity contribution in [3.63, 3.8) is 0 Å². The Morgan fingerprint density at radius 1 is 0.893 bits per heavy atom. The van der Waals surface area contributed by atoms with Gasteiger partial charge >= 0.3 is 0 Å². The van der Waals surface area contributed by atoms with Gasteiger partial charge in [0.2, 0.25) is 0 Å². The fraction of sp³-hybridized carbons (Fsp3) is 0.360. The second-order valence-electron chi connectivity index (χ2n) is 8.13. The minimum absolute atomic E-state index is 0.188. The summed E-state index contributed by atoms with van der Waals surface area (Å²) in [4.78, 5) is 2.55. The predicted octanol–water partition coefficient (Wildman–Crippen LogP) is 6.03. The Bertz CT molecular complexity index is 880. The fourth-order valence-corrected chi connectivity index (χ4v) is 3.55. The summed E-state index contributed by atoms with van der Waals surface area (Å²) in [6.07, 6.45) is 2.11. The molecular formula is C25H31FN2. The zero-order valence-electron chi connectivity index (χ0n) is 17.4. The van der Waals surface area contributed by atoms with Crippen LogP contribution in [0.3, 0.4) is 0 Å². The highest BCUT2D eigenvalue weighted by atomic mass is 19.1. The molecular weight excluding hydrogens is 347 g/mol. The number of aromatic nitrogens is 1. The number of nitrogens with zero attached hydrogens (tertiary/aromatic N) is 2. The normalized spacial score (nSPS) is 12.7. The number of hydrogen-bond acceptors (Lipinski definition) is 1. The van der Waals surface area contributed by atoms with E-state index in [0.717, 1.165) is 25.2 Å². The minimum atomic E-state index is -0.188. The first-order valence-electron chi connectivity index (χ1n) is 10.1. The average Bonchev–Trinajstić information content (AvgIpc) is 3.09. The number of hydrogen-bond donors (Lipinski definition) is 0. The predicted molar refractivity (Wildman–Crippen MR) is 115 cm³/mol. The summed E-state index contributed by atoms with van der Waals surface area (Å²) in [6, 6.07) is 20.3. The maximum Gasteiger partial charge on any atom is 0.123 e. The summed E-state index contributed by atoms with van der Waals surface area (Å²) < 4.78 is 15.5. The lowest BCUT2D eigenvalue weighted by atomic mass is 10.0. The van der Waals surface area contributed by atoms with Crippen LogP contribution in [0.25, 0.3) is 0 Å². The second-order valence-corrected chi connectivity index (χ2v) is 8.13. The molecule has 2 nitrogen and oxygen atoms in total. The van der Waals surface area contributed by atoms with Crippen molar-refractivity contribution in [2.75, 3.05) is 0 Å². The quantitative estimate of drug-likeness (QED) is 0.464. The van der Waals surface area contributed by atoms with Crippen LogP contribution in [-0.4, -0.2) is 15.5 Å². The Labute approximate surface area is 168 Å². The Balaban J connectivity index is 1.79. The number of aryl methyl sites for hydroxylation is 1. The molecule has 0 aliphatic heterocycles. The molecule has 0 spiro atoms. The summed E-state index contributed by atoms with van der Waals surface area (Å²) in [7, 11) is 0. The van der Waals surface area contributed by atoms with Gasteiger partial charge in [-0.3, -0.25) is 4.90 Å². The maximum atomic E-state index is 13.2. The number of rotatable bonds is 8. The van der Waals surface area contributed by atoms with Gasteiger partial charge in [-0.15, -0.1) is 0 Å². The topological polar surface area (TPSA) is 8.17 Å². The van der Waals surface area contributed by atoms with Crippen LogP contribution in [0.15, 0.2) is 66.9 Å². The van der Waals surface area contributed by atoms with E-state index >= 15 is 0 Å². The van der Waals surface area contributed by atoms with Gasteiger partial charge in [0, 0.05) is 37.6 Å². The molecule has 0 amide bonds. The van der Waals surface area contributed by atoms with Crippen molar-refractivity contribution in [3.8, 4) is 0 Å². The Hall–Kier alpha value is -2.39. The van der Waals surface area contributed by atoms with Gasteiger partial charge in [0.25, 0.3) is 0 Å². The van der Waals surface area contributed by atoms with Crippen molar-refractivity contribution in [2.45, 2.75) is 53.4 Å². The molecule has 3 rings (SSSR count). The summed E-state index contributed by atoms with van der Waals surface area (Å²) in [6.45, 7) is 11.6. The molecule has 0 N–H and O–H groups in total. The van der Waals surface area contributed by atoms with Crippen molar-refractivity contribution in [3.05, 3.63) is 95.1 Å². The van der Waals surface area contributed by atoms with E-state index in [1.54, 1.807) is 0 Å². The minimum Gasteiger partial charge on any atom is -0.346 e. The lowest BCUT2D eigenvalue weighted by Gasteiger charge is -2.32. The summed E-state index contributed by atoms with van der Waals surface area (Å²) in [5.74, 6) is 0.386. The van der Waals surface area contributed by atoms with Crippen molar-refractivity contribution in [1.82, 2.24) is 9.47 Å². The molecule has 1 heterocycles. The largest absolute Gasteiger partial charge is 0.346 e. The molecule has 0 saturated carbocycles. The fourth-order valence-electron chi connectivity index (χ4n) is 3.55. The SMILES string of the molecule is Cc1cccc(CN(Cc2cccn2Cc2ccc(F)cc2)[C@@H](C)C(C)C)c1. The van der Waals surface area contributed by atoms with Gasteiger partial charge in [-0.2, -0.15) is 0 Å². The number of halogens is 1. The van der Waals surface area contributed by atoms with Gasteiger partial charge in [0.1, 0.15) is 5.82 Å². The van der Waals surface area contributed by atoms with Crippen LogP contribution < -0.4 is 0 Å². The van der Waals surface area contributed by atoms with Crippen LogP contribution in [-0.2, 0) is 19.6 Å². The van der Waals surface area contributed by atoms with Crippen LogP contribution in [0.5, 0.6) is 0 Å². The molecule has 1 atom stereocenters. The highest BCUT2D eigenvalue weighted by Gasteiger charge is 2.19. The molecule has 148 valence electrons. The van der Waals surface area contributed by atoms with Crippen LogP contribution in [0.2, 0.25) is 0 Å². The smallest absolute Gasteiger partial charge is 0.123 e. The van der Waals surface area contributed by atoms with Gasteiger partial charge in [-0.25, -0.2) is 4.39 Å². The van der Waals surface area contributed by atoms with Crippen LogP contribution >= 0.6 is 0 Å². The standard InChI is InChI=1S/C25H31FN2/c1-19(2)21(4)28(17-23-8-5-7-20(3)15-23)18-25-9-6-14-27(25)16-22-10-12-24(26)13-11-22/h5-15,19,21H,16-18H2,1-4H3/t21-/m0/s1. The Morgan fingerprint density at radius 2 is 1.64 bits per heavy atom.